The quantitative estimate of drug-likeness (QED) is 0.807. The number of hydrogen-bond donors (Lipinski definition) is 2. The van der Waals surface area contributed by atoms with Gasteiger partial charge < -0.3 is 10.4 Å². The fraction of sp³-hybridized carbons (Fsp3) is 0.182. The van der Waals surface area contributed by atoms with Crippen LogP contribution < -0.4 is 10.2 Å². The van der Waals surface area contributed by atoms with Gasteiger partial charge in [0.15, 0.2) is 0 Å². The normalized spacial score (nSPS) is 15.4. The maximum absolute atomic E-state index is 12.6. The molecule has 1 aromatic rings. The van der Waals surface area contributed by atoms with Crippen LogP contribution in [-0.2, 0) is 11.0 Å². The number of alkyl halides is 3. The molecule has 106 valence electrons. The predicted molar refractivity (Wildman–Crippen MR) is 59.3 cm³/mol. The van der Waals surface area contributed by atoms with Crippen molar-refractivity contribution in [3.8, 4) is 0 Å². The van der Waals surface area contributed by atoms with E-state index >= 15 is 0 Å². The summed E-state index contributed by atoms with van der Waals surface area (Å²) in [4.78, 5) is 34.3. The second kappa shape index (κ2) is 4.51. The van der Waals surface area contributed by atoms with Gasteiger partial charge in [0, 0.05) is 0 Å². The van der Waals surface area contributed by atoms with Crippen molar-refractivity contribution in [2.75, 3.05) is 11.4 Å². The number of carboxylic acids is 1. The largest absolute Gasteiger partial charge is 0.478 e. The molecule has 0 bridgehead atoms. The monoisotopic (exact) mass is 288 g/mol. The van der Waals surface area contributed by atoms with Crippen molar-refractivity contribution in [3.05, 3.63) is 29.3 Å². The topological polar surface area (TPSA) is 86.7 Å². The second-order valence-corrected chi connectivity index (χ2v) is 3.92. The van der Waals surface area contributed by atoms with E-state index in [4.69, 9.17) is 5.11 Å². The lowest BCUT2D eigenvalue weighted by molar-refractivity contribution is -0.137. The molecular weight excluding hydrogens is 281 g/mol. The smallest absolute Gasteiger partial charge is 0.416 e. The first-order valence-electron chi connectivity index (χ1n) is 5.27. The Labute approximate surface area is 109 Å². The van der Waals surface area contributed by atoms with Gasteiger partial charge in [-0.25, -0.2) is 14.5 Å². The van der Waals surface area contributed by atoms with Gasteiger partial charge in [0.25, 0.3) is 5.91 Å². The number of carbonyl (C=O) groups excluding carboxylic acids is 2. The summed E-state index contributed by atoms with van der Waals surface area (Å²) in [5.74, 6) is -2.36. The van der Waals surface area contributed by atoms with Gasteiger partial charge in [-0.05, 0) is 18.2 Å². The summed E-state index contributed by atoms with van der Waals surface area (Å²) < 4.78 is 37.9. The molecular formula is C11H7F3N2O4. The first-order valence-corrected chi connectivity index (χ1v) is 5.27. The van der Waals surface area contributed by atoms with Gasteiger partial charge in [-0.2, -0.15) is 13.2 Å². The van der Waals surface area contributed by atoms with Crippen molar-refractivity contribution in [2.24, 2.45) is 0 Å². The van der Waals surface area contributed by atoms with E-state index in [1.807, 2.05) is 0 Å². The lowest BCUT2D eigenvalue weighted by Crippen LogP contribution is -2.32. The fourth-order valence-electron chi connectivity index (χ4n) is 1.74. The number of hydrogen-bond acceptors (Lipinski definition) is 3. The van der Waals surface area contributed by atoms with Gasteiger partial charge in [0.05, 0.1) is 23.4 Å². The van der Waals surface area contributed by atoms with Crippen molar-refractivity contribution in [1.29, 1.82) is 0 Å². The van der Waals surface area contributed by atoms with Crippen LogP contribution in [0.2, 0.25) is 0 Å². The van der Waals surface area contributed by atoms with E-state index in [9.17, 15) is 27.6 Å². The molecule has 6 nitrogen and oxygen atoms in total. The Morgan fingerprint density at radius 1 is 1.30 bits per heavy atom. The Kier molecular flexibility index (Phi) is 3.12. The number of benzene rings is 1. The van der Waals surface area contributed by atoms with E-state index < -0.39 is 47.4 Å². The maximum Gasteiger partial charge on any atom is 0.416 e. The van der Waals surface area contributed by atoms with Crippen LogP contribution in [-0.4, -0.2) is 29.6 Å². The number of carbonyl (C=O) groups is 3. The lowest BCUT2D eigenvalue weighted by Gasteiger charge is -2.17. The van der Waals surface area contributed by atoms with E-state index in [0.717, 1.165) is 0 Å². The first kappa shape index (κ1) is 13.8. The number of amides is 3. The molecule has 0 aliphatic carbocycles. The van der Waals surface area contributed by atoms with Gasteiger partial charge in [-0.15, -0.1) is 0 Å². The molecule has 1 aliphatic heterocycles. The van der Waals surface area contributed by atoms with E-state index in [1.54, 1.807) is 0 Å². The molecule has 1 aromatic carbocycles. The van der Waals surface area contributed by atoms with Gasteiger partial charge in [0.1, 0.15) is 0 Å². The Bertz CT molecular complexity index is 596. The summed E-state index contributed by atoms with van der Waals surface area (Å²) in [6, 6.07) is 0.786. The molecule has 2 N–H and O–H groups in total. The number of anilines is 1. The van der Waals surface area contributed by atoms with E-state index in [1.165, 1.54) is 0 Å². The predicted octanol–water partition coefficient (Wildman–Crippen LogP) is 1.46. The van der Waals surface area contributed by atoms with Crippen molar-refractivity contribution in [3.63, 3.8) is 0 Å². The van der Waals surface area contributed by atoms with E-state index in [0.29, 0.717) is 23.1 Å². The molecule has 0 aromatic heterocycles. The molecule has 1 fully saturated rings. The Hall–Kier alpha value is -2.58. The van der Waals surface area contributed by atoms with Crippen molar-refractivity contribution >= 4 is 23.6 Å². The number of imide groups is 1. The zero-order valence-electron chi connectivity index (χ0n) is 9.69. The Morgan fingerprint density at radius 2 is 1.95 bits per heavy atom. The molecule has 0 radical (unpaired) electrons. The summed E-state index contributed by atoms with van der Waals surface area (Å²) in [7, 11) is 0. The number of urea groups is 1. The fourth-order valence-corrected chi connectivity index (χ4v) is 1.74. The van der Waals surface area contributed by atoms with Crippen LogP contribution in [0, 0.1) is 0 Å². The minimum atomic E-state index is -4.72. The maximum atomic E-state index is 12.6. The molecule has 0 atom stereocenters. The zero-order valence-corrected chi connectivity index (χ0v) is 9.69. The van der Waals surface area contributed by atoms with Gasteiger partial charge in [-0.3, -0.25) is 4.79 Å². The minimum Gasteiger partial charge on any atom is -0.478 e. The first-order chi connectivity index (χ1) is 9.21. The average molecular weight is 288 g/mol. The highest BCUT2D eigenvalue weighted by atomic mass is 19.4. The summed E-state index contributed by atoms with van der Waals surface area (Å²) in [6.45, 7) is -0.395. The highest BCUT2D eigenvalue weighted by Gasteiger charge is 2.36. The van der Waals surface area contributed by atoms with Crippen LogP contribution in [0.25, 0.3) is 0 Å². The number of rotatable bonds is 2. The third-order valence-corrected chi connectivity index (χ3v) is 2.64. The average Bonchev–Trinajstić information content (AvgIpc) is 2.67. The molecule has 0 unspecified atom stereocenters. The third kappa shape index (κ3) is 2.29. The van der Waals surface area contributed by atoms with Crippen LogP contribution >= 0.6 is 0 Å². The molecule has 1 saturated heterocycles. The highest BCUT2D eigenvalue weighted by molar-refractivity contribution is 6.21. The molecule has 2 rings (SSSR count). The molecule has 1 aliphatic rings. The second-order valence-electron chi connectivity index (χ2n) is 3.92. The number of nitrogens with one attached hydrogen (secondary N) is 1. The van der Waals surface area contributed by atoms with Crippen LogP contribution in [0.4, 0.5) is 23.7 Å². The van der Waals surface area contributed by atoms with Crippen LogP contribution in [0.5, 0.6) is 0 Å². The highest BCUT2D eigenvalue weighted by Crippen LogP contribution is 2.34. The molecule has 20 heavy (non-hydrogen) atoms. The number of carboxylic acid groups (broad SMARTS) is 1. The summed E-state index contributed by atoms with van der Waals surface area (Å²) in [5.41, 5.74) is -2.32. The van der Waals surface area contributed by atoms with Crippen molar-refractivity contribution < 1.29 is 32.7 Å². The van der Waals surface area contributed by atoms with Crippen LogP contribution in [0.15, 0.2) is 18.2 Å². The molecule has 3 amide bonds. The zero-order chi connectivity index (χ0) is 15.1. The van der Waals surface area contributed by atoms with Gasteiger partial charge >= 0.3 is 18.2 Å². The standard InChI is InChI=1S/C11H7F3N2O4/c12-11(13,14)5-1-2-6(9(18)19)7(3-5)16-8(17)4-15-10(16)20/h1-3H,4H2,(H,15,20)(H,18,19). The lowest BCUT2D eigenvalue weighted by atomic mass is 10.1. The van der Waals surface area contributed by atoms with E-state index in [-0.39, 0.29) is 0 Å². The number of nitrogens with zero attached hydrogens (tertiary/aromatic N) is 1. The van der Waals surface area contributed by atoms with Crippen molar-refractivity contribution in [2.45, 2.75) is 6.18 Å². The van der Waals surface area contributed by atoms with E-state index in [2.05, 4.69) is 5.32 Å². The third-order valence-electron chi connectivity index (χ3n) is 2.64. The van der Waals surface area contributed by atoms with Crippen molar-refractivity contribution in [1.82, 2.24) is 5.32 Å². The number of halogens is 3. The Morgan fingerprint density at radius 3 is 2.40 bits per heavy atom. The van der Waals surface area contributed by atoms with Crippen LogP contribution in [0.1, 0.15) is 15.9 Å². The summed E-state index contributed by atoms with van der Waals surface area (Å²) in [6.07, 6.45) is -4.72. The summed E-state index contributed by atoms with van der Waals surface area (Å²) in [5, 5.41) is 11.0. The van der Waals surface area contributed by atoms with Gasteiger partial charge in [-0.1, -0.05) is 0 Å². The van der Waals surface area contributed by atoms with Gasteiger partial charge in [0.2, 0.25) is 0 Å². The molecule has 0 spiro atoms. The SMILES string of the molecule is O=C(O)c1ccc(C(F)(F)F)cc1N1C(=O)CNC1=O. The number of aromatic carboxylic acids is 1. The minimum absolute atomic E-state index is 0.388. The molecule has 0 saturated carbocycles. The Balaban J connectivity index is 2.61. The van der Waals surface area contributed by atoms with Crippen LogP contribution in [0.3, 0.4) is 0 Å². The summed E-state index contributed by atoms with van der Waals surface area (Å²) >= 11 is 0. The molecule has 9 heteroatoms. The molecule has 1 heterocycles.